The molecule has 14 heavy (non-hydrogen) atoms. The highest BCUT2D eigenvalue weighted by Crippen LogP contribution is 2.30. The number of nitrogens with two attached hydrogens (primary N) is 1. The summed E-state index contributed by atoms with van der Waals surface area (Å²) < 4.78 is 25.1. The lowest BCUT2D eigenvalue weighted by Gasteiger charge is -2.39. The average molecular weight is 199 g/mol. The van der Waals surface area contributed by atoms with Crippen LogP contribution < -0.4 is 10.6 Å². The Morgan fingerprint density at radius 3 is 2.79 bits per heavy atom. The van der Waals surface area contributed by atoms with Gasteiger partial charge in [-0.2, -0.15) is 0 Å². The Labute approximate surface area is 80.5 Å². The van der Waals surface area contributed by atoms with Crippen LogP contribution in [0, 0.1) is 0 Å². The maximum atomic E-state index is 12.6. The third kappa shape index (κ3) is 1.68. The number of hydrogen-bond acceptors (Lipinski definition) is 3. The Hall–Kier alpha value is -1.23. The Morgan fingerprint density at radius 1 is 1.50 bits per heavy atom. The van der Waals surface area contributed by atoms with Gasteiger partial charge in [-0.3, -0.25) is 0 Å². The van der Waals surface area contributed by atoms with Gasteiger partial charge in [-0.15, -0.1) is 0 Å². The molecule has 3 nitrogen and oxygen atoms in total. The van der Waals surface area contributed by atoms with Crippen molar-refractivity contribution in [1.82, 2.24) is 4.98 Å². The van der Waals surface area contributed by atoms with Gasteiger partial charge in [0, 0.05) is 12.7 Å². The summed E-state index contributed by atoms with van der Waals surface area (Å²) in [6, 6.07) is 3.52. The van der Waals surface area contributed by atoms with Gasteiger partial charge in [-0.25, -0.2) is 13.8 Å². The summed E-state index contributed by atoms with van der Waals surface area (Å²) in [5.74, 6) is -1.97. The summed E-state index contributed by atoms with van der Waals surface area (Å²) in [6.07, 6.45) is 1.59. The van der Waals surface area contributed by atoms with Crippen LogP contribution in [-0.4, -0.2) is 24.0 Å². The number of alkyl halides is 2. The molecule has 5 heteroatoms. The van der Waals surface area contributed by atoms with Gasteiger partial charge in [0.25, 0.3) is 5.92 Å². The minimum absolute atomic E-state index is 0.242. The molecule has 0 amide bonds. The summed E-state index contributed by atoms with van der Waals surface area (Å²) in [4.78, 5) is 5.55. The van der Waals surface area contributed by atoms with Crippen molar-refractivity contribution in [3.63, 3.8) is 0 Å². The zero-order valence-corrected chi connectivity index (χ0v) is 7.58. The van der Waals surface area contributed by atoms with Crippen molar-refractivity contribution in [1.29, 1.82) is 0 Å². The van der Waals surface area contributed by atoms with Gasteiger partial charge in [0.1, 0.15) is 5.82 Å². The van der Waals surface area contributed by atoms with Gasteiger partial charge < -0.3 is 10.6 Å². The molecule has 1 aliphatic rings. The molecule has 0 atom stereocenters. The van der Waals surface area contributed by atoms with Crippen molar-refractivity contribution < 1.29 is 8.78 Å². The topological polar surface area (TPSA) is 42.1 Å². The van der Waals surface area contributed by atoms with Crippen molar-refractivity contribution in [2.45, 2.75) is 12.5 Å². The first-order valence-corrected chi connectivity index (χ1v) is 4.38. The second kappa shape index (κ2) is 3.16. The summed E-state index contributed by atoms with van der Waals surface area (Å²) >= 11 is 0. The summed E-state index contributed by atoms with van der Waals surface area (Å²) in [7, 11) is 0. The highest BCUT2D eigenvalue weighted by atomic mass is 19.3. The van der Waals surface area contributed by atoms with E-state index in [4.69, 9.17) is 5.73 Å². The zero-order chi connectivity index (χ0) is 10.2. The van der Waals surface area contributed by atoms with E-state index in [1.807, 2.05) is 0 Å². The van der Waals surface area contributed by atoms with Gasteiger partial charge in [-0.05, 0) is 17.7 Å². The summed E-state index contributed by atoms with van der Waals surface area (Å²) in [5, 5.41) is 0. The maximum Gasteiger partial charge on any atom is 0.282 e. The fourth-order valence-corrected chi connectivity index (χ4v) is 1.43. The molecule has 0 unspecified atom stereocenters. The molecule has 2 N–H and O–H groups in total. The molecule has 0 saturated carbocycles. The zero-order valence-electron chi connectivity index (χ0n) is 7.58. The number of aromatic nitrogens is 1. The Balaban J connectivity index is 2.11. The molecule has 2 rings (SSSR count). The molecule has 1 saturated heterocycles. The molecule has 1 fully saturated rings. The third-order valence-corrected chi connectivity index (χ3v) is 2.21. The number of pyridine rings is 1. The van der Waals surface area contributed by atoms with Gasteiger partial charge in [0.05, 0.1) is 13.1 Å². The van der Waals surface area contributed by atoms with Crippen molar-refractivity contribution >= 4 is 5.82 Å². The van der Waals surface area contributed by atoms with Crippen LogP contribution in [0.1, 0.15) is 5.56 Å². The quantitative estimate of drug-likeness (QED) is 0.772. The second-order valence-electron chi connectivity index (χ2n) is 3.44. The van der Waals surface area contributed by atoms with E-state index in [0.29, 0.717) is 12.4 Å². The minimum Gasteiger partial charge on any atom is -0.344 e. The van der Waals surface area contributed by atoms with Crippen LogP contribution in [0.15, 0.2) is 18.3 Å². The first-order chi connectivity index (χ1) is 6.61. The monoisotopic (exact) mass is 199 g/mol. The van der Waals surface area contributed by atoms with Crippen LogP contribution >= 0.6 is 0 Å². The Bertz CT molecular complexity index is 333. The number of hydrogen-bond donors (Lipinski definition) is 1. The van der Waals surface area contributed by atoms with Crippen molar-refractivity contribution in [2.75, 3.05) is 18.0 Å². The molecule has 76 valence electrons. The molecule has 1 aliphatic heterocycles. The highest BCUT2D eigenvalue weighted by Gasteiger charge is 2.44. The molecule has 0 aromatic carbocycles. The van der Waals surface area contributed by atoms with Crippen LogP contribution in [0.25, 0.3) is 0 Å². The first kappa shape index (κ1) is 9.33. The highest BCUT2D eigenvalue weighted by molar-refractivity contribution is 5.44. The third-order valence-electron chi connectivity index (χ3n) is 2.21. The van der Waals surface area contributed by atoms with E-state index in [9.17, 15) is 8.78 Å². The van der Waals surface area contributed by atoms with Gasteiger partial charge in [0.15, 0.2) is 0 Å². The van der Waals surface area contributed by atoms with Crippen molar-refractivity contribution in [3.8, 4) is 0 Å². The molecule has 0 bridgehead atoms. The molecular weight excluding hydrogens is 188 g/mol. The van der Waals surface area contributed by atoms with E-state index >= 15 is 0 Å². The normalized spacial score (nSPS) is 19.2. The van der Waals surface area contributed by atoms with Gasteiger partial charge in [0.2, 0.25) is 0 Å². The van der Waals surface area contributed by atoms with E-state index in [-0.39, 0.29) is 13.1 Å². The number of anilines is 1. The molecule has 0 aliphatic carbocycles. The van der Waals surface area contributed by atoms with Crippen LogP contribution in [0.2, 0.25) is 0 Å². The Kier molecular flexibility index (Phi) is 2.11. The minimum atomic E-state index is -2.56. The van der Waals surface area contributed by atoms with Crippen LogP contribution in [0.4, 0.5) is 14.6 Å². The summed E-state index contributed by atoms with van der Waals surface area (Å²) in [6.45, 7) is -0.0815. The van der Waals surface area contributed by atoms with Crippen molar-refractivity contribution in [3.05, 3.63) is 23.9 Å². The molecular formula is C9H11F2N3. The number of halogens is 2. The molecule has 0 radical (unpaired) electrons. The average Bonchev–Trinajstić information content (AvgIpc) is 2.14. The van der Waals surface area contributed by atoms with E-state index in [2.05, 4.69) is 4.98 Å². The molecule has 2 heterocycles. The van der Waals surface area contributed by atoms with Crippen LogP contribution in [0.3, 0.4) is 0 Å². The van der Waals surface area contributed by atoms with Gasteiger partial charge in [-0.1, -0.05) is 0 Å². The van der Waals surface area contributed by atoms with E-state index in [1.165, 1.54) is 0 Å². The van der Waals surface area contributed by atoms with E-state index < -0.39 is 5.92 Å². The predicted octanol–water partition coefficient (Wildman–Crippen LogP) is 0.996. The first-order valence-electron chi connectivity index (χ1n) is 4.38. The molecule has 1 aromatic heterocycles. The molecule has 0 spiro atoms. The smallest absolute Gasteiger partial charge is 0.282 e. The predicted molar refractivity (Wildman–Crippen MR) is 49.3 cm³/mol. The SMILES string of the molecule is NCc1ccnc(N2CC(F)(F)C2)c1. The van der Waals surface area contributed by atoms with Crippen LogP contribution in [0.5, 0.6) is 0 Å². The number of rotatable bonds is 2. The summed E-state index contributed by atoms with van der Waals surface area (Å²) in [5.41, 5.74) is 6.34. The lowest BCUT2D eigenvalue weighted by atomic mass is 10.1. The standard InChI is InChI=1S/C9H11F2N3/c10-9(11)5-14(6-9)8-3-7(4-12)1-2-13-8/h1-3H,4-6,12H2. The fourth-order valence-electron chi connectivity index (χ4n) is 1.43. The van der Waals surface area contributed by atoms with E-state index in [0.717, 1.165) is 5.56 Å². The van der Waals surface area contributed by atoms with E-state index in [1.54, 1.807) is 23.2 Å². The Morgan fingerprint density at radius 2 is 2.21 bits per heavy atom. The lowest BCUT2D eigenvalue weighted by Crippen LogP contribution is -2.56. The van der Waals surface area contributed by atoms with Gasteiger partial charge >= 0.3 is 0 Å². The maximum absolute atomic E-state index is 12.6. The fraction of sp³-hybridized carbons (Fsp3) is 0.444. The largest absolute Gasteiger partial charge is 0.344 e. The molecule has 1 aromatic rings. The number of nitrogens with zero attached hydrogens (tertiary/aromatic N) is 2. The second-order valence-corrected chi connectivity index (χ2v) is 3.44. The van der Waals surface area contributed by atoms with Crippen molar-refractivity contribution in [2.24, 2.45) is 5.73 Å². The lowest BCUT2D eigenvalue weighted by molar-refractivity contribution is -0.0267. The van der Waals surface area contributed by atoms with Crippen LogP contribution in [-0.2, 0) is 6.54 Å².